The highest BCUT2D eigenvalue weighted by atomic mass is 35.5. The van der Waals surface area contributed by atoms with Gasteiger partial charge >= 0.3 is 0 Å². The van der Waals surface area contributed by atoms with Gasteiger partial charge in [-0.3, -0.25) is 0 Å². The molecular weight excluding hydrogens is 310 g/mol. The summed E-state index contributed by atoms with van der Waals surface area (Å²) in [5, 5.41) is 0.497. The zero-order valence-corrected chi connectivity index (χ0v) is 12.9. The van der Waals surface area contributed by atoms with Crippen LogP contribution in [0.1, 0.15) is 42.1 Å². The summed E-state index contributed by atoms with van der Waals surface area (Å²) in [6.45, 7) is 2.11. The van der Waals surface area contributed by atoms with Crippen LogP contribution in [-0.2, 0) is 5.88 Å². The Morgan fingerprint density at radius 2 is 2.16 bits per heavy atom. The van der Waals surface area contributed by atoms with Crippen molar-refractivity contribution in [1.82, 2.24) is 9.97 Å². The van der Waals surface area contributed by atoms with E-state index in [0.29, 0.717) is 16.6 Å². The Morgan fingerprint density at radius 1 is 1.42 bits per heavy atom. The van der Waals surface area contributed by atoms with Crippen LogP contribution in [0.5, 0.6) is 0 Å². The SMILES string of the molecule is CCC1SCCSC1c1ncc(CCl)c(C(F)F)n1. The summed E-state index contributed by atoms with van der Waals surface area (Å²) >= 11 is 9.28. The molecule has 0 aliphatic carbocycles. The summed E-state index contributed by atoms with van der Waals surface area (Å²) in [6.07, 6.45) is -0.159. The van der Waals surface area contributed by atoms with Crippen molar-refractivity contribution < 1.29 is 8.78 Å². The summed E-state index contributed by atoms with van der Waals surface area (Å²) in [4.78, 5) is 8.34. The molecule has 0 N–H and O–H groups in total. The summed E-state index contributed by atoms with van der Waals surface area (Å²) < 4.78 is 26.0. The van der Waals surface area contributed by atoms with Crippen LogP contribution in [-0.4, -0.2) is 26.7 Å². The van der Waals surface area contributed by atoms with Crippen LogP contribution in [0.3, 0.4) is 0 Å². The van der Waals surface area contributed by atoms with Gasteiger partial charge in [-0.15, -0.1) is 23.4 Å². The highest BCUT2D eigenvalue weighted by Gasteiger charge is 2.30. The molecule has 0 radical (unpaired) electrons. The van der Waals surface area contributed by atoms with Gasteiger partial charge < -0.3 is 0 Å². The van der Waals surface area contributed by atoms with Crippen LogP contribution in [0.15, 0.2) is 6.20 Å². The van der Waals surface area contributed by atoms with E-state index < -0.39 is 6.43 Å². The van der Waals surface area contributed by atoms with E-state index in [4.69, 9.17) is 11.6 Å². The Balaban J connectivity index is 2.31. The summed E-state index contributed by atoms with van der Waals surface area (Å²) in [6, 6.07) is 0. The minimum Gasteiger partial charge on any atom is -0.240 e. The first-order valence-electron chi connectivity index (χ1n) is 6.10. The van der Waals surface area contributed by atoms with Gasteiger partial charge in [-0.25, -0.2) is 18.7 Å². The van der Waals surface area contributed by atoms with E-state index in [2.05, 4.69) is 16.9 Å². The predicted octanol–water partition coefficient (Wildman–Crippen LogP) is 4.45. The molecule has 7 heteroatoms. The fourth-order valence-corrected chi connectivity index (χ4v) is 5.21. The van der Waals surface area contributed by atoms with Crippen molar-refractivity contribution in [3.05, 3.63) is 23.3 Å². The highest BCUT2D eigenvalue weighted by Crippen LogP contribution is 2.43. The normalized spacial score (nSPS) is 23.8. The quantitative estimate of drug-likeness (QED) is 0.764. The van der Waals surface area contributed by atoms with E-state index in [1.54, 1.807) is 11.8 Å². The average molecular weight is 325 g/mol. The maximum atomic E-state index is 13.0. The third kappa shape index (κ3) is 3.52. The van der Waals surface area contributed by atoms with Crippen LogP contribution in [0.25, 0.3) is 0 Å². The van der Waals surface area contributed by atoms with Crippen molar-refractivity contribution in [2.75, 3.05) is 11.5 Å². The molecule has 1 aromatic heterocycles. The van der Waals surface area contributed by atoms with Gasteiger partial charge in [0.2, 0.25) is 0 Å². The molecule has 1 aliphatic heterocycles. The van der Waals surface area contributed by atoms with Crippen LogP contribution >= 0.6 is 35.1 Å². The van der Waals surface area contributed by atoms with Gasteiger partial charge in [0.1, 0.15) is 11.5 Å². The number of thioether (sulfide) groups is 2. The van der Waals surface area contributed by atoms with Gasteiger partial charge in [0.15, 0.2) is 0 Å². The molecule has 0 spiro atoms. The van der Waals surface area contributed by atoms with Crippen LogP contribution in [0.4, 0.5) is 8.78 Å². The molecule has 2 heterocycles. The standard InChI is InChI=1S/C12H15ClF2N2S2/c1-2-8-10(19-4-3-18-8)12-16-6-7(5-13)9(17-12)11(14)15/h6,8,10-11H,2-5H2,1H3. The number of halogens is 3. The van der Waals surface area contributed by atoms with Crippen molar-refractivity contribution in [3.8, 4) is 0 Å². The molecule has 1 aromatic rings. The van der Waals surface area contributed by atoms with E-state index in [1.807, 2.05) is 11.8 Å². The Morgan fingerprint density at radius 3 is 2.79 bits per heavy atom. The molecular formula is C12H15ClF2N2S2. The van der Waals surface area contributed by atoms with Crippen LogP contribution in [0.2, 0.25) is 0 Å². The lowest BCUT2D eigenvalue weighted by Crippen LogP contribution is -2.21. The third-order valence-electron chi connectivity index (χ3n) is 2.97. The molecule has 0 saturated carbocycles. The second kappa shape index (κ2) is 7.09. The van der Waals surface area contributed by atoms with Gasteiger partial charge in [-0.2, -0.15) is 11.8 Å². The lowest BCUT2D eigenvalue weighted by molar-refractivity contribution is 0.144. The van der Waals surface area contributed by atoms with Crippen LogP contribution < -0.4 is 0 Å². The van der Waals surface area contributed by atoms with Crippen molar-refractivity contribution >= 4 is 35.1 Å². The topological polar surface area (TPSA) is 25.8 Å². The smallest absolute Gasteiger partial charge is 0.240 e. The zero-order chi connectivity index (χ0) is 13.8. The molecule has 0 bridgehead atoms. The minimum atomic E-state index is -2.60. The van der Waals surface area contributed by atoms with Crippen LogP contribution in [0, 0.1) is 0 Å². The van der Waals surface area contributed by atoms with E-state index in [-0.39, 0.29) is 16.8 Å². The summed E-state index contributed by atoms with van der Waals surface area (Å²) in [5.74, 6) is 2.65. The first-order valence-corrected chi connectivity index (χ1v) is 8.73. The number of hydrogen-bond donors (Lipinski definition) is 0. The van der Waals surface area contributed by atoms with Crippen molar-refractivity contribution in [1.29, 1.82) is 0 Å². The molecule has 0 aromatic carbocycles. The van der Waals surface area contributed by atoms with Gasteiger partial charge in [0.05, 0.1) is 11.1 Å². The fraction of sp³-hybridized carbons (Fsp3) is 0.667. The molecule has 2 nitrogen and oxygen atoms in total. The van der Waals surface area contributed by atoms with Gasteiger partial charge in [-0.1, -0.05) is 6.92 Å². The number of aromatic nitrogens is 2. The lowest BCUT2D eigenvalue weighted by atomic mass is 10.2. The number of rotatable bonds is 4. The molecule has 2 unspecified atom stereocenters. The average Bonchev–Trinajstić information content (AvgIpc) is 2.46. The molecule has 0 amide bonds. The Bertz CT molecular complexity index is 434. The van der Waals surface area contributed by atoms with Gasteiger partial charge in [0.25, 0.3) is 6.43 Å². The molecule has 106 valence electrons. The second-order valence-corrected chi connectivity index (χ2v) is 7.05. The lowest BCUT2D eigenvalue weighted by Gasteiger charge is -2.29. The fourth-order valence-electron chi connectivity index (χ4n) is 2.01. The maximum absolute atomic E-state index is 13.0. The predicted molar refractivity (Wildman–Crippen MR) is 78.3 cm³/mol. The van der Waals surface area contributed by atoms with E-state index in [9.17, 15) is 8.78 Å². The molecule has 1 aliphatic rings. The van der Waals surface area contributed by atoms with Gasteiger partial charge in [-0.05, 0) is 6.42 Å². The Labute approximate surface area is 125 Å². The summed E-state index contributed by atoms with van der Waals surface area (Å²) in [7, 11) is 0. The van der Waals surface area contributed by atoms with Gasteiger partial charge in [0, 0.05) is 28.5 Å². The molecule has 19 heavy (non-hydrogen) atoms. The third-order valence-corrected chi connectivity index (χ3v) is 6.50. The highest BCUT2D eigenvalue weighted by molar-refractivity contribution is 8.06. The van der Waals surface area contributed by atoms with E-state index >= 15 is 0 Å². The van der Waals surface area contributed by atoms with Crippen molar-refractivity contribution in [2.45, 2.75) is 36.1 Å². The van der Waals surface area contributed by atoms with Crippen molar-refractivity contribution in [3.63, 3.8) is 0 Å². The molecule has 1 saturated heterocycles. The van der Waals surface area contributed by atoms with E-state index in [0.717, 1.165) is 17.9 Å². The van der Waals surface area contributed by atoms with E-state index in [1.165, 1.54) is 6.20 Å². The monoisotopic (exact) mass is 324 g/mol. The Hall–Kier alpha value is -0.0700. The zero-order valence-electron chi connectivity index (χ0n) is 10.5. The number of nitrogens with zero attached hydrogens (tertiary/aromatic N) is 2. The molecule has 1 fully saturated rings. The second-order valence-electron chi connectivity index (χ2n) is 4.18. The number of alkyl halides is 3. The largest absolute Gasteiger partial charge is 0.280 e. The summed E-state index contributed by atoms with van der Waals surface area (Å²) in [5.41, 5.74) is 0.105. The Kier molecular flexibility index (Phi) is 5.71. The molecule has 2 rings (SSSR count). The molecule has 2 atom stereocenters. The maximum Gasteiger partial charge on any atom is 0.280 e. The van der Waals surface area contributed by atoms with Crippen molar-refractivity contribution in [2.24, 2.45) is 0 Å². The first-order chi connectivity index (χ1) is 9.17. The first kappa shape index (κ1) is 15.3. The number of hydrogen-bond acceptors (Lipinski definition) is 4. The minimum absolute atomic E-state index is 0.0176.